The lowest BCUT2D eigenvalue weighted by Crippen LogP contribution is -1.95. The Balaban J connectivity index is 2.33. The number of hydrogen-bond acceptors (Lipinski definition) is 3. The van der Waals surface area contributed by atoms with Gasteiger partial charge in [-0.25, -0.2) is 0 Å². The van der Waals surface area contributed by atoms with Crippen LogP contribution < -0.4 is 4.89 Å². The Morgan fingerprint density at radius 1 is 1.27 bits per heavy atom. The summed E-state index contributed by atoms with van der Waals surface area (Å²) < 4.78 is 5.35. The fraction of sp³-hybridized carbons (Fsp3) is 0.333. The molecule has 0 fully saturated rings. The molecule has 0 aliphatic rings. The Morgan fingerprint density at radius 2 is 2.00 bits per heavy atom. The molecule has 0 bridgehead atoms. The van der Waals surface area contributed by atoms with Crippen LogP contribution in [0.3, 0.4) is 0 Å². The Bertz CT molecular complexity index is 311. The van der Waals surface area contributed by atoms with E-state index in [-0.39, 0.29) is 0 Å². The summed E-state index contributed by atoms with van der Waals surface area (Å²) in [4.78, 5) is 9.36. The summed E-state index contributed by atoms with van der Waals surface area (Å²) >= 11 is 0. The van der Waals surface area contributed by atoms with Gasteiger partial charge in [-0.15, -0.1) is 12.3 Å². The van der Waals surface area contributed by atoms with Gasteiger partial charge in [0.25, 0.3) is 0 Å². The fourth-order valence-electron chi connectivity index (χ4n) is 1.06. The molecule has 1 aromatic carbocycles. The van der Waals surface area contributed by atoms with Gasteiger partial charge in [0.05, 0.1) is 20.3 Å². The molecule has 0 N–H and O–H groups in total. The van der Waals surface area contributed by atoms with Crippen molar-refractivity contribution in [3.05, 3.63) is 29.8 Å². The summed E-state index contributed by atoms with van der Waals surface area (Å²) in [5, 5.41) is 0. The number of benzene rings is 1. The zero-order chi connectivity index (χ0) is 10.9. The molecule has 1 aromatic rings. The van der Waals surface area contributed by atoms with Gasteiger partial charge in [-0.1, -0.05) is 12.1 Å². The molecule has 0 heterocycles. The third-order valence-corrected chi connectivity index (χ3v) is 1.76. The van der Waals surface area contributed by atoms with Gasteiger partial charge in [0.1, 0.15) is 0 Å². The maximum atomic E-state index is 5.35. The van der Waals surface area contributed by atoms with E-state index in [0.29, 0.717) is 25.4 Å². The highest BCUT2D eigenvalue weighted by molar-refractivity contribution is 5.26. The second kappa shape index (κ2) is 6.88. The lowest BCUT2D eigenvalue weighted by molar-refractivity contribution is -0.178. The predicted molar refractivity (Wildman–Crippen MR) is 57.2 cm³/mol. The molecular weight excluding hydrogens is 192 g/mol. The minimum Gasteiger partial charge on any atom is -0.376 e. The molecule has 0 amide bonds. The third kappa shape index (κ3) is 4.50. The number of rotatable bonds is 6. The van der Waals surface area contributed by atoms with Crippen molar-refractivity contribution in [1.82, 2.24) is 0 Å². The standard InChI is InChI=1S/C12H14O3/c1-3-4-9-14-10-11-5-7-12(8-6-11)15-13-2/h1,5-8H,4,9-10H2,2H3. The molecule has 0 aliphatic carbocycles. The van der Waals surface area contributed by atoms with Gasteiger partial charge >= 0.3 is 0 Å². The van der Waals surface area contributed by atoms with E-state index in [2.05, 4.69) is 10.8 Å². The fourth-order valence-corrected chi connectivity index (χ4v) is 1.06. The van der Waals surface area contributed by atoms with Crippen LogP contribution in [-0.2, 0) is 16.2 Å². The molecule has 0 atom stereocenters. The molecule has 15 heavy (non-hydrogen) atoms. The summed E-state index contributed by atoms with van der Waals surface area (Å²) in [6, 6.07) is 7.49. The van der Waals surface area contributed by atoms with Crippen LogP contribution in [0.5, 0.6) is 5.75 Å². The third-order valence-electron chi connectivity index (χ3n) is 1.76. The minimum absolute atomic E-state index is 0.564. The van der Waals surface area contributed by atoms with Crippen molar-refractivity contribution in [1.29, 1.82) is 0 Å². The average molecular weight is 206 g/mol. The molecule has 0 aliphatic heterocycles. The van der Waals surface area contributed by atoms with Crippen LogP contribution in [0.15, 0.2) is 24.3 Å². The van der Waals surface area contributed by atoms with Crippen molar-refractivity contribution in [3.63, 3.8) is 0 Å². The molecular formula is C12H14O3. The summed E-state index contributed by atoms with van der Waals surface area (Å²) in [6.45, 7) is 1.15. The largest absolute Gasteiger partial charge is 0.376 e. The highest BCUT2D eigenvalue weighted by atomic mass is 17.2. The first-order valence-corrected chi connectivity index (χ1v) is 4.67. The molecule has 0 saturated heterocycles. The van der Waals surface area contributed by atoms with Gasteiger partial charge in [-0.2, -0.15) is 4.89 Å². The van der Waals surface area contributed by atoms with Gasteiger partial charge in [-0.3, -0.25) is 0 Å². The van der Waals surface area contributed by atoms with E-state index >= 15 is 0 Å². The SMILES string of the molecule is C#CCCOCc1ccc(OOC)cc1. The van der Waals surface area contributed by atoms with Crippen LogP contribution in [0.1, 0.15) is 12.0 Å². The Labute approximate surface area is 89.9 Å². The number of hydrogen-bond donors (Lipinski definition) is 0. The molecule has 0 aromatic heterocycles. The van der Waals surface area contributed by atoms with E-state index in [1.165, 1.54) is 7.11 Å². The zero-order valence-corrected chi connectivity index (χ0v) is 8.73. The second-order valence-electron chi connectivity index (χ2n) is 2.90. The zero-order valence-electron chi connectivity index (χ0n) is 8.73. The van der Waals surface area contributed by atoms with Crippen molar-refractivity contribution in [2.45, 2.75) is 13.0 Å². The second-order valence-corrected chi connectivity index (χ2v) is 2.90. The Morgan fingerprint density at radius 3 is 2.60 bits per heavy atom. The minimum atomic E-state index is 0.564. The topological polar surface area (TPSA) is 27.7 Å². The molecule has 80 valence electrons. The lowest BCUT2D eigenvalue weighted by Gasteiger charge is -2.04. The molecule has 1 rings (SSSR count). The smallest absolute Gasteiger partial charge is 0.165 e. The van der Waals surface area contributed by atoms with Crippen LogP contribution in [0.4, 0.5) is 0 Å². The van der Waals surface area contributed by atoms with Crippen molar-refractivity contribution in [2.24, 2.45) is 0 Å². The van der Waals surface area contributed by atoms with Gasteiger partial charge in [0, 0.05) is 6.42 Å². The van der Waals surface area contributed by atoms with Crippen molar-refractivity contribution >= 4 is 0 Å². The maximum Gasteiger partial charge on any atom is 0.165 e. The van der Waals surface area contributed by atoms with Crippen LogP contribution >= 0.6 is 0 Å². The maximum absolute atomic E-state index is 5.35. The summed E-state index contributed by atoms with van der Waals surface area (Å²) in [5.74, 6) is 3.19. The van der Waals surface area contributed by atoms with E-state index in [4.69, 9.17) is 16.0 Å². The summed E-state index contributed by atoms with van der Waals surface area (Å²) in [6.07, 6.45) is 5.74. The summed E-state index contributed by atoms with van der Waals surface area (Å²) in [5.41, 5.74) is 1.08. The first kappa shape index (κ1) is 11.6. The van der Waals surface area contributed by atoms with E-state index in [1.807, 2.05) is 24.3 Å². The van der Waals surface area contributed by atoms with Crippen molar-refractivity contribution in [2.75, 3.05) is 13.7 Å². The number of terminal acetylenes is 1. The van der Waals surface area contributed by atoms with Crippen LogP contribution in [-0.4, -0.2) is 13.7 Å². The van der Waals surface area contributed by atoms with E-state index in [1.54, 1.807) is 0 Å². The van der Waals surface area contributed by atoms with Crippen LogP contribution in [0.2, 0.25) is 0 Å². The molecule has 3 heteroatoms. The normalized spacial score (nSPS) is 9.60. The quantitative estimate of drug-likeness (QED) is 0.309. The molecule has 3 nitrogen and oxygen atoms in total. The first-order valence-electron chi connectivity index (χ1n) is 4.67. The Kier molecular flexibility index (Phi) is 5.31. The highest BCUT2D eigenvalue weighted by Crippen LogP contribution is 2.12. The highest BCUT2D eigenvalue weighted by Gasteiger charge is 1.95. The molecule has 0 saturated carbocycles. The van der Waals surface area contributed by atoms with Gasteiger partial charge in [0.15, 0.2) is 5.75 Å². The van der Waals surface area contributed by atoms with Gasteiger partial charge < -0.3 is 9.62 Å². The number of ether oxygens (including phenoxy) is 1. The van der Waals surface area contributed by atoms with E-state index < -0.39 is 0 Å². The van der Waals surface area contributed by atoms with Crippen LogP contribution in [0.25, 0.3) is 0 Å². The van der Waals surface area contributed by atoms with Gasteiger partial charge in [-0.05, 0) is 17.7 Å². The van der Waals surface area contributed by atoms with E-state index in [9.17, 15) is 0 Å². The molecule has 0 unspecified atom stereocenters. The first-order chi connectivity index (χ1) is 7.36. The van der Waals surface area contributed by atoms with Crippen LogP contribution in [0, 0.1) is 12.3 Å². The summed E-state index contributed by atoms with van der Waals surface area (Å²) in [7, 11) is 1.47. The van der Waals surface area contributed by atoms with E-state index in [0.717, 1.165) is 5.56 Å². The molecule has 0 radical (unpaired) electrons. The van der Waals surface area contributed by atoms with Gasteiger partial charge in [0.2, 0.25) is 0 Å². The lowest BCUT2D eigenvalue weighted by atomic mass is 10.2. The Hall–Kier alpha value is -1.50. The predicted octanol–water partition coefficient (Wildman–Crippen LogP) is 2.17. The van der Waals surface area contributed by atoms with Crippen molar-refractivity contribution < 1.29 is 14.5 Å². The van der Waals surface area contributed by atoms with Crippen molar-refractivity contribution in [3.8, 4) is 18.1 Å². The monoisotopic (exact) mass is 206 g/mol. The molecule has 0 spiro atoms. The average Bonchev–Trinajstić information content (AvgIpc) is 2.27.